The Labute approximate surface area is 373 Å². The minimum atomic E-state index is -4.58. The van der Waals surface area contributed by atoms with Crippen molar-refractivity contribution in [3.63, 3.8) is 0 Å². The van der Waals surface area contributed by atoms with E-state index >= 15 is 0 Å². The molecule has 0 heterocycles. The Bertz CT molecular complexity index is 989. The summed E-state index contributed by atoms with van der Waals surface area (Å²) in [5.74, 6) is -0.193. The lowest BCUT2D eigenvalue weighted by atomic mass is 10.0. The first-order chi connectivity index (χ1) is 29.0. The molecule has 60 heavy (non-hydrogen) atoms. The van der Waals surface area contributed by atoms with Crippen LogP contribution >= 0.6 is 7.82 Å². The Hall–Kier alpha value is -0.760. The Kier molecular flexibility index (Phi) is 42.9. The molecule has 0 radical (unpaired) electrons. The summed E-state index contributed by atoms with van der Waals surface area (Å²) in [7, 11) is 1.27. The van der Waals surface area contributed by atoms with Crippen molar-refractivity contribution in [1.82, 2.24) is 5.32 Å². The number of carbonyl (C=O) groups excluding carboxylic acids is 1. The van der Waals surface area contributed by atoms with Crippen LogP contribution in [0.3, 0.4) is 0 Å². The second kappa shape index (κ2) is 43.5. The highest BCUT2D eigenvalue weighted by Gasteiger charge is 2.23. The number of allylic oxidation sites excluding steroid dienone is 1. The van der Waals surface area contributed by atoms with Gasteiger partial charge in [-0.2, -0.15) is 0 Å². The summed E-state index contributed by atoms with van der Waals surface area (Å²) in [5.41, 5.74) is 0. The third kappa shape index (κ3) is 45.3. The van der Waals surface area contributed by atoms with Gasteiger partial charge in [0.1, 0.15) is 13.2 Å². The lowest BCUT2D eigenvalue weighted by molar-refractivity contribution is -0.870. The average Bonchev–Trinajstić information content (AvgIpc) is 3.20. The fourth-order valence-corrected chi connectivity index (χ4v) is 8.58. The van der Waals surface area contributed by atoms with E-state index in [9.17, 15) is 19.4 Å². The molecule has 2 N–H and O–H groups in total. The van der Waals surface area contributed by atoms with E-state index in [4.69, 9.17) is 9.05 Å². The highest BCUT2D eigenvalue weighted by Crippen LogP contribution is 2.38. The molecule has 3 atom stereocenters. The van der Waals surface area contributed by atoms with Gasteiger partial charge >= 0.3 is 0 Å². The molecule has 1 unspecified atom stereocenters. The van der Waals surface area contributed by atoms with Crippen LogP contribution in [0.5, 0.6) is 0 Å². The van der Waals surface area contributed by atoms with Gasteiger partial charge in [-0.3, -0.25) is 9.36 Å². The molecule has 0 aliphatic rings. The first-order valence-electron chi connectivity index (χ1n) is 26.1. The number of nitrogens with zero attached hydrogens (tertiary/aromatic N) is 1. The third-order valence-electron chi connectivity index (χ3n) is 12.0. The average molecular weight is 871 g/mol. The number of aliphatic hydroxyl groups is 1. The molecule has 0 bridgehead atoms. The predicted octanol–water partition coefficient (Wildman–Crippen LogP) is 14.5. The molecule has 8 nitrogen and oxygen atoms in total. The number of hydrogen-bond donors (Lipinski definition) is 2. The van der Waals surface area contributed by atoms with Crippen molar-refractivity contribution in [3.05, 3.63) is 12.2 Å². The Balaban J connectivity index is 4.06. The molecule has 0 aliphatic carbocycles. The number of carbonyl (C=O) groups is 1. The summed E-state index contributed by atoms with van der Waals surface area (Å²) in [6.45, 7) is 4.66. The topological polar surface area (TPSA) is 108 Å². The van der Waals surface area contributed by atoms with E-state index in [0.29, 0.717) is 17.4 Å². The molecule has 0 saturated carbocycles. The van der Waals surface area contributed by atoms with Gasteiger partial charge in [0.2, 0.25) is 5.91 Å². The Morgan fingerprint density at radius 1 is 0.567 bits per heavy atom. The van der Waals surface area contributed by atoms with E-state index < -0.39 is 20.0 Å². The summed E-state index contributed by atoms with van der Waals surface area (Å²) in [4.78, 5) is 25.3. The fraction of sp³-hybridized carbons (Fsp3) is 0.941. The monoisotopic (exact) mass is 871 g/mol. The second-order valence-electron chi connectivity index (χ2n) is 19.2. The molecule has 0 aliphatic heterocycles. The number of aliphatic hydroxyl groups excluding tert-OH is 1. The number of hydrogen-bond acceptors (Lipinski definition) is 6. The molecule has 0 saturated heterocycles. The quantitative estimate of drug-likeness (QED) is 0.0273. The number of unbranched alkanes of at least 4 members (excludes halogenated alkanes) is 35. The summed E-state index contributed by atoms with van der Waals surface area (Å²) in [6.07, 6.45) is 51.4. The van der Waals surface area contributed by atoms with Crippen molar-refractivity contribution in [2.24, 2.45) is 0 Å². The van der Waals surface area contributed by atoms with Gasteiger partial charge in [-0.15, -0.1) is 0 Å². The van der Waals surface area contributed by atoms with Crippen molar-refractivity contribution >= 4 is 13.7 Å². The zero-order valence-corrected chi connectivity index (χ0v) is 41.6. The molecular formula is C51H103N2O6P. The molecule has 0 aromatic carbocycles. The zero-order valence-electron chi connectivity index (χ0n) is 40.7. The van der Waals surface area contributed by atoms with Crippen LogP contribution < -0.4 is 10.2 Å². The van der Waals surface area contributed by atoms with Crippen LogP contribution in [0, 0.1) is 0 Å². The van der Waals surface area contributed by atoms with Crippen molar-refractivity contribution in [2.45, 2.75) is 270 Å². The van der Waals surface area contributed by atoms with Crippen LogP contribution in [0.25, 0.3) is 0 Å². The molecule has 0 aromatic rings. The van der Waals surface area contributed by atoms with E-state index in [2.05, 4.69) is 19.2 Å². The lowest BCUT2D eigenvalue weighted by Gasteiger charge is -2.29. The van der Waals surface area contributed by atoms with Crippen molar-refractivity contribution in [3.8, 4) is 0 Å². The molecule has 1 amide bonds. The number of quaternary nitrogens is 1. The maximum Gasteiger partial charge on any atom is 0.268 e. The van der Waals surface area contributed by atoms with Crippen molar-refractivity contribution in [1.29, 1.82) is 0 Å². The van der Waals surface area contributed by atoms with E-state index in [1.54, 1.807) is 6.08 Å². The van der Waals surface area contributed by atoms with Crippen LogP contribution in [0.2, 0.25) is 0 Å². The van der Waals surface area contributed by atoms with Crippen molar-refractivity contribution in [2.75, 3.05) is 40.9 Å². The number of nitrogens with one attached hydrogen (secondary N) is 1. The molecule has 358 valence electrons. The van der Waals surface area contributed by atoms with Crippen LogP contribution in [-0.4, -0.2) is 68.5 Å². The van der Waals surface area contributed by atoms with Crippen LogP contribution in [0.4, 0.5) is 0 Å². The van der Waals surface area contributed by atoms with Gasteiger partial charge in [-0.1, -0.05) is 244 Å². The van der Waals surface area contributed by atoms with Crippen molar-refractivity contribution < 1.29 is 32.9 Å². The van der Waals surface area contributed by atoms with E-state index in [0.717, 1.165) is 38.5 Å². The Morgan fingerprint density at radius 2 is 0.900 bits per heavy atom. The molecular weight excluding hydrogens is 768 g/mol. The largest absolute Gasteiger partial charge is 0.756 e. The van der Waals surface area contributed by atoms with Gasteiger partial charge in [0.05, 0.1) is 39.9 Å². The van der Waals surface area contributed by atoms with Gasteiger partial charge in [-0.05, 0) is 19.3 Å². The van der Waals surface area contributed by atoms with Gasteiger partial charge in [0, 0.05) is 6.42 Å². The maximum absolute atomic E-state index is 12.9. The number of likely N-dealkylation sites (N-methyl/N-ethyl adjacent to an activating group) is 1. The summed E-state index contributed by atoms with van der Waals surface area (Å²) in [6, 6.07) is -0.880. The first kappa shape index (κ1) is 59.2. The smallest absolute Gasteiger partial charge is 0.268 e. The normalized spacial score (nSPS) is 14.2. The van der Waals surface area contributed by atoms with E-state index in [-0.39, 0.29) is 19.1 Å². The highest BCUT2D eigenvalue weighted by molar-refractivity contribution is 7.45. The summed E-state index contributed by atoms with van der Waals surface area (Å²) < 4.78 is 23.2. The summed E-state index contributed by atoms with van der Waals surface area (Å²) >= 11 is 0. The first-order valence-corrected chi connectivity index (χ1v) is 27.5. The number of rotatable bonds is 48. The Morgan fingerprint density at radius 3 is 1.25 bits per heavy atom. The SMILES string of the molecule is CCCCCCCCCCC/C=C/[C@@H](O)[C@H](COP(=O)([O-])OCC[N+](C)(C)C)NC(=O)CCCCCCCCCCCCCCCCCCCCCCCCCCCCC. The molecule has 9 heteroatoms. The molecule has 0 rings (SSSR count). The number of amides is 1. The minimum Gasteiger partial charge on any atom is -0.756 e. The van der Waals surface area contributed by atoms with E-state index in [1.807, 2.05) is 27.2 Å². The number of phosphoric ester groups is 1. The van der Waals surface area contributed by atoms with Crippen LogP contribution in [0.1, 0.15) is 258 Å². The van der Waals surface area contributed by atoms with Crippen LogP contribution in [-0.2, 0) is 18.4 Å². The molecule has 0 spiro atoms. The maximum atomic E-state index is 12.9. The standard InChI is InChI=1S/C51H103N2O6P/c1-6-8-10-12-14-16-18-19-20-21-22-23-24-25-26-27-28-29-30-31-32-33-35-37-39-41-43-45-51(55)52-49(48-59-60(56,57)58-47-46-53(3,4)5)50(54)44-42-40-38-36-34-17-15-13-11-9-7-2/h42,44,49-50,54H,6-41,43,45-48H2,1-5H3,(H-,52,55,56,57)/b44-42+/t49-,50+/m0/s1. The zero-order chi connectivity index (χ0) is 44.3. The van der Waals surface area contributed by atoms with Gasteiger partial charge in [0.25, 0.3) is 7.82 Å². The fourth-order valence-electron chi connectivity index (χ4n) is 7.86. The van der Waals surface area contributed by atoms with Gasteiger partial charge in [0.15, 0.2) is 0 Å². The van der Waals surface area contributed by atoms with E-state index in [1.165, 1.54) is 199 Å². The number of phosphoric acid groups is 1. The predicted molar refractivity (Wildman–Crippen MR) is 256 cm³/mol. The lowest BCUT2D eigenvalue weighted by Crippen LogP contribution is -2.45. The van der Waals surface area contributed by atoms with Gasteiger partial charge in [-0.25, -0.2) is 0 Å². The third-order valence-corrected chi connectivity index (χ3v) is 13.0. The highest BCUT2D eigenvalue weighted by atomic mass is 31.2. The molecule has 0 fully saturated rings. The second-order valence-corrected chi connectivity index (χ2v) is 20.7. The summed E-state index contributed by atoms with van der Waals surface area (Å²) in [5, 5.41) is 13.8. The van der Waals surface area contributed by atoms with Gasteiger partial charge < -0.3 is 28.8 Å². The van der Waals surface area contributed by atoms with Crippen LogP contribution in [0.15, 0.2) is 12.2 Å². The minimum absolute atomic E-state index is 0.00211. The molecule has 0 aromatic heterocycles.